The van der Waals surface area contributed by atoms with Crippen molar-refractivity contribution in [1.82, 2.24) is 9.97 Å². The minimum absolute atomic E-state index is 0.224. The van der Waals surface area contributed by atoms with E-state index in [9.17, 15) is 5.11 Å². The van der Waals surface area contributed by atoms with Crippen molar-refractivity contribution < 1.29 is 9.84 Å². The summed E-state index contributed by atoms with van der Waals surface area (Å²) in [7, 11) is 0. The number of rotatable bonds is 5. The molecule has 6 heteroatoms. The van der Waals surface area contributed by atoms with Crippen molar-refractivity contribution in [3.63, 3.8) is 0 Å². The van der Waals surface area contributed by atoms with Crippen LogP contribution in [0.5, 0.6) is 11.6 Å². The second-order valence-corrected chi connectivity index (χ2v) is 4.67. The summed E-state index contributed by atoms with van der Waals surface area (Å²) in [5, 5.41) is 12.6. The molecule has 1 aromatic heterocycles. The van der Waals surface area contributed by atoms with Gasteiger partial charge in [0.05, 0.1) is 23.5 Å². The maximum Gasteiger partial charge on any atom is 0.234 e. The Labute approximate surface area is 119 Å². The summed E-state index contributed by atoms with van der Waals surface area (Å²) in [5.41, 5.74) is 1.02. The van der Waals surface area contributed by atoms with Gasteiger partial charge in [0, 0.05) is 6.54 Å². The maximum atomic E-state index is 9.42. The van der Waals surface area contributed by atoms with Crippen LogP contribution >= 0.6 is 15.9 Å². The fraction of sp³-hybridized carbons (Fsp3) is 0.231. The van der Waals surface area contributed by atoms with Gasteiger partial charge in [0.15, 0.2) is 0 Å². The molecule has 100 valence electrons. The van der Waals surface area contributed by atoms with Crippen LogP contribution in [0.2, 0.25) is 0 Å². The van der Waals surface area contributed by atoms with E-state index in [0.29, 0.717) is 29.3 Å². The molecule has 0 amide bonds. The number of hydrogen-bond donors (Lipinski definition) is 2. The second kappa shape index (κ2) is 6.38. The quantitative estimate of drug-likeness (QED) is 0.885. The number of hydrogen-bond acceptors (Lipinski definition) is 5. The summed E-state index contributed by atoms with van der Waals surface area (Å²) < 4.78 is 5.95. The molecule has 0 saturated heterocycles. The average molecular weight is 324 g/mol. The molecule has 0 unspecified atom stereocenters. The predicted molar refractivity (Wildman–Crippen MR) is 76.3 cm³/mol. The number of ether oxygens (including phenoxy) is 1. The number of aromatic nitrogens is 2. The topological polar surface area (TPSA) is 67.3 Å². The van der Waals surface area contributed by atoms with Crippen LogP contribution in [0, 0.1) is 0 Å². The van der Waals surface area contributed by atoms with Gasteiger partial charge in [0.1, 0.15) is 11.6 Å². The summed E-state index contributed by atoms with van der Waals surface area (Å²) in [6.07, 6.45) is 3.21. The van der Waals surface area contributed by atoms with E-state index in [0.717, 1.165) is 5.56 Å². The molecular formula is C13H14BrN3O2. The highest BCUT2D eigenvalue weighted by Crippen LogP contribution is 2.24. The lowest BCUT2D eigenvalue weighted by atomic mass is 10.2. The van der Waals surface area contributed by atoms with Gasteiger partial charge in [-0.3, -0.25) is 4.98 Å². The molecule has 0 aliphatic carbocycles. The van der Waals surface area contributed by atoms with Gasteiger partial charge >= 0.3 is 0 Å². The van der Waals surface area contributed by atoms with Crippen LogP contribution in [-0.4, -0.2) is 21.7 Å². The first-order valence-electron chi connectivity index (χ1n) is 5.85. The third kappa shape index (κ3) is 3.82. The first-order chi connectivity index (χ1) is 9.19. The van der Waals surface area contributed by atoms with Crippen LogP contribution in [0.3, 0.4) is 0 Å². The summed E-state index contributed by atoms with van der Waals surface area (Å²) in [6, 6.07) is 5.33. The monoisotopic (exact) mass is 323 g/mol. The standard InChI is InChI=1S/C13H14BrN3O2/c1-2-19-13-8-15-7-12(17-13)16-6-9-3-4-11(18)10(14)5-9/h3-5,7-8,18H,2,6H2,1H3,(H,16,17). The lowest BCUT2D eigenvalue weighted by Crippen LogP contribution is -2.03. The van der Waals surface area contributed by atoms with Gasteiger partial charge in [-0.25, -0.2) is 0 Å². The SMILES string of the molecule is CCOc1cncc(NCc2ccc(O)c(Br)c2)n1. The van der Waals surface area contributed by atoms with Crippen molar-refractivity contribution in [1.29, 1.82) is 0 Å². The molecule has 0 bridgehead atoms. The minimum atomic E-state index is 0.224. The normalized spacial score (nSPS) is 10.2. The fourth-order valence-corrected chi connectivity index (χ4v) is 1.93. The number of phenols is 1. The molecule has 0 saturated carbocycles. The van der Waals surface area contributed by atoms with Crippen molar-refractivity contribution >= 4 is 21.7 Å². The minimum Gasteiger partial charge on any atom is -0.507 e. The van der Waals surface area contributed by atoms with Crippen LogP contribution in [0.1, 0.15) is 12.5 Å². The van der Waals surface area contributed by atoms with Crippen molar-refractivity contribution in [3.8, 4) is 11.6 Å². The molecule has 1 aromatic carbocycles. The lowest BCUT2D eigenvalue weighted by Gasteiger charge is -2.08. The van der Waals surface area contributed by atoms with E-state index in [4.69, 9.17) is 4.74 Å². The van der Waals surface area contributed by atoms with Crippen LogP contribution in [-0.2, 0) is 6.54 Å². The van der Waals surface area contributed by atoms with Crippen molar-refractivity contribution in [2.75, 3.05) is 11.9 Å². The van der Waals surface area contributed by atoms with Crippen molar-refractivity contribution in [3.05, 3.63) is 40.6 Å². The van der Waals surface area contributed by atoms with E-state index in [1.54, 1.807) is 18.5 Å². The zero-order valence-electron chi connectivity index (χ0n) is 10.4. The Morgan fingerprint density at radius 3 is 2.95 bits per heavy atom. The molecule has 2 rings (SSSR count). The van der Waals surface area contributed by atoms with E-state index < -0.39 is 0 Å². The number of benzene rings is 1. The summed E-state index contributed by atoms with van der Waals surface area (Å²) in [6.45, 7) is 3.04. The summed E-state index contributed by atoms with van der Waals surface area (Å²) in [4.78, 5) is 8.31. The largest absolute Gasteiger partial charge is 0.507 e. The molecule has 0 aliphatic heterocycles. The highest BCUT2D eigenvalue weighted by Gasteiger charge is 2.02. The molecule has 0 spiro atoms. The second-order valence-electron chi connectivity index (χ2n) is 3.81. The predicted octanol–water partition coefficient (Wildman–Crippen LogP) is 2.96. The Balaban J connectivity index is 2.01. The van der Waals surface area contributed by atoms with E-state index >= 15 is 0 Å². The fourth-order valence-electron chi connectivity index (χ4n) is 1.50. The molecule has 5 nitrogen and oxygen atoms in total. The van der Waals surface area contributed by atoms with Crippen LogP contribution in [0.15, 0.2) is 35.1 Å². The molecule has 19 heavy (non-hydrogen) atoms. The average Bonchev–Trinajstić information content (AvgIpc) is 2.41. The molecular weight excluding hydrogens is 310 g/mol. The number of nitrogens with zero attached hydrogens (tertiary/aromatic N) is 2. The van der Waals surface area contributed by atoms with Gasteiger partial charge in [-0.05, 0) is 40.5 Å². The Morgan fingerprint density at radius 1 is 1.37 bits per heavy atom. The molecule has 0 atom stereocenters. The molecule has 2 aromatic rings. The first-order valence-corrected chi connectivity index (χ1v) is 6.64. The zero-order valence-corrected chi connectivity index (χ0v) is 12.0. The summed E-state index contributed by atoms with van der Waals surface area (Å²) >= 11 is 3.28. The van der Waals surface area contributed by atoms with Crippen molar-refractivity contribution in [2.45, 2.75) is 13.5 Å². The van der Waals surface area contributed by atoms with Gasteiger partial charge in [-0.2, -0.15) is 4.98 Å². The van der Waals surface area contributed by atoms with Crippen LogP contribution in [0.4, 0.5) is 5.82 Å². The highest BCUT2D eigenvalue weighted by atomic mass is 79.9. The first kappa shape index (κ1) is 13.6. The maximum absolute atomic E-state index is 9.42. The third-order valence-electron chi connectivity index (χ3n) is 2.39. The molecule has 2 N–H and O–H groups in total. The molecule has 0 radical (unpaired) electrons. The van der Waals surface area contributed by atoms with E-state index in [1.165, 1.54) is 0 Å². The van der Waals surface area contributed by atoms with E-state index in [2.05, 4.69) is 31.2 Å². The zero-order chi connectivity index (χ0) is 13.7. The van der Waals surface area contributed by atoms with Crippen LogP contribution in [0.25, 0.3) is 0 Å². The summed E-state index contributed by atoms with van der Waals surface area (Å²) in [5.74, 6) is 1.37. The number of aromatic hydroxyl groups is 1. The van der Waals surface area contributed by atoms with Crippen molar-refractivity contribution in [2.24, 2.45) is 0 Å². The molecule has 0 fully saturated rings. The number of anilines is 1. The van der Waals surface area contributed by atoms with Gasteiger partial charge in [0.25, 0.3) is 0 Å². The van der Waals surface area contributed by atoms with Gasteiger partial charge in [0.2, 0.25) is 5.88 Å². The molecule has 0 aliphatic rings. The Morgan fingerprint density at radius 2 is 2.21 bits per heavy atom. The van der Waals surface area contributed by atoms with Gasteiger partial charge in [-0.15, -0.1) is 0 Å². The third-order valence-corrected chi connectivity index (χ3v) is 3.03. The van der Waals surface area contributed by atoms with Gasteiger partial charge in [-0.1, -0.05) is 6.07 Å². The Kier molecular flexibility index (Phi) is 4.57. The van der Waals surface area contributed by atoms with Crippen LogP contribution < -0.4 is 10.1 Å². The molecule has 1 heterocycles. The Bertz CT molecular complexity index is 563. The number of halogens is 1. The Hall–Kier alpha value is -1.82. The van der Waals surface area contributed by atoms with E-state index in [-0.39, 0.29) is 5.75 Å². The number of nitrogens with one attached hydrogen (secondary N) is 1. The van der Waals surface area contributed by atoms with Gasteiger partial charge < -0.3 is 15.2 Å². The highest BCUT2D eigenvalue weighted by molar-refractivity contribution is 9.10. The smallest absolute Gasteiger partial charge is 0.234 e. The number of phenolic OH excluding ortho intramolecular Hbond substituents is 1. The lowest BCUT2D eigenvalue weighted by molar-refractivity contribution is 0.325. The van der Waals surface area contributed by atoms with E-state index in [1.807, 2.05) is 19.1 Å².